The Morgan fingerprint density at radius 2 is 1.54 bits per heavy atom. The van der Waals surface area contributed by atoms with Gasteiger partial charge in [-0.25, -0.2) is 4.98 Å². The first kappa shape index (κ1) is 25.1. The third kappa shape index (κ3) is 4.14. The summed E-state index contributed by atoms with van der Waals surface area (Å²) in [5, 5.41) is 13.2. The molecule has 0 unspecified atom stereocenters. The van der Waals surface area contributed by atoms with Crippen LogP contribution in [0.1, 0.15) is 25.0 Å². The van der Waals surface area contributed by atoms with Gasteiger partial charge >= 0.3 is 0 Å². The van der Waals surface area contributed by atoms with Crippen molar-refractivity contribution in [3.63, 3.8) is 0 Å². The van der Waals surface area contributed by atoms with Crippen LogP contribution < -0.4 is 15.4 Å². The largest absolute Gasteiger partial charge is 0.507 e. The van der Waals surface area contributed by atoms with Gasteiger partial charge in [0.25, 0.3) is 0 Å². The van der Waals surface area contributed by atoms with Gasteiger partial charge in [-0.1, -0.05) is 92.8 Å². The van der Waals surface area contributed by atoms with E-state index < -0.39 is 8.07 Å². The third-order valence-electron chi connectivity index (χ3n) is 8.32. The van der Waals surface area contributed by atoms with E-state index in [-0.39, 0.29) is 11.2 Å². The van der Waals surface area contributed by atoms with E-state index in [9.17, 15) is 5.11 Å². The molecule has 0 saturated carbocycles. The zero-order chi connectivity index (χ0) is 27.4. The van der Waals surface area contributed by atoms with Gasteiger partial charge < -0.3 is 10.0 Å². The van der Waals surface area contributed by atoms with Crippen molar-refractivity contribution >= 4 is 30.0 Å². The van der Waals surface area contributed by atoms with E-state index in [1.165, 1.54) is 5.19 Å². The van der Waals surface area contributed by atoms with E-state index in [0.717, 1.165) is 50.3 Å². The van der Waals surface area contributed by atoms with E-state index in [0.29, 0.717) is 0 Å². The Balaban J connectivity index is 1.38. The van der Waals surface area contributed by atoms with E-state index in [4.69, 9.17) is 9.97 Å². The summed E-state index contributed by atoms with van der Waals surface area (Å²) in [6.07, 6.45) is 1.93. The Bertz CT molecular complexity index is 1690. The number of fused-ring (bicyclic) bond motifs is 3. The standard InChI is InChI=1S/C34H33N3OSi/c1-34(2)27-15-10-16-30(38)32(27)33-28(34)17-18-29(36-33)23-11-9-14-26(21-23)39(4,5)31-22-25(19-20-35-31)37(3)24-12-7-6-8-13-24/h6-22,38H,1-5H3. The fourth-order valence-corrected chi connectivity index (χ4v) is 7.99. The fourth-order valence-electron chi connectivity index (χ4n) is 5.76. The van der Waals surface area contributed by atoms with Crippen molar-refractivity contribution in [1.82, 2.24) is 9.97 Å². The molecule has 0 spiro atoms. The van der Waals surface area contributed by atoms with Gasteiger partial charge in [-0.2, -0.15) is 0 Å². The van der Waals surface area contributed by atoms with Crippen LogP contribution in [0.5, 0.6) is 5.75 Å². The molecule has 3 aromatic carbocycles. The molecule has 1 aliphatic rings. The quantitative estimate of drug-likeness (QED) is 0.257. The van der Waals surface area contributed by atoms with Gasteiger partial charge in [-0.3, -0.25) is 4.98 Å². The summed E-state index contributed by atoms with van der Waals surface area (Å²) in [6.45, 7) is 9.11. The van der Waals surface area contributed by atoms with Gasteiger partial charge in [0, 0.05) is 46.5 Å². The Hall–Kier alpha value is -4.22. The molecule has 0 aliphatic heterocycles. The normalized spacial score (nSPS) is 13.6. The number of para-hydroxylation sites is 1. The average Bonchev–Trinajstić information content (AvgIpc) is 3.20. The van der Waals surface area contributed by atoms with Gasteiger partial charge in [0.15, 0.2) is 0 Å². The van der Waals surface area contributed by atoms with Crippen LogP contribution in [0.4, 0.5) is 11.4 Å². The molecule has 0 saturated heterocycles. The number of phenolic OH excluding ortho intramolecular Hbond substituents is 1. The van der Waals surface area contributed by atoms with Crippen LogP contribution in [0, 0.1) is 0 Å². The molecular formula is C34H33N3OSi. The van der Waals surface area contributed by atoms with E-state index >= 15 is 0 Å². The summed E-state index contributed by atoms with van der Waals surface area (Å²) >= 11 is 0. The van der Waals surface area contributed by atoms with Gasteiger partial charge in [0.1, 0.15) is 13.8 Å². The highest BCUT2D eigenvalue weighted by Crippen LogP contribution is 2.51. The number of aromatic hydroxyl groups is 1. The number of hydrogen-bond donors (Lipinski definition) is 1. The minimum Gasteiger partial charge on any atom is -0.507 e. The second kappa shape index (κ2) is 9.21. The first-order valence-electron chi connectivity index (χ1n) is 13.4. The van der Waals surface area contributed by atoms with Crippen molar-refractivity contribution < 1.29 is 5.11 Å². The first-order valence-corrected chi connectivity index (χ1v) is 16.4. The van der Waals surface area contributed by atoms with E-state index in [1.807, 2.05) is 18.3 Å². The topological polar surface area (TPSA) is 49.2 Å². The van der Waals surface area contributed by atoms with Gasteiger partial charge in [-0.15, -0.1) is 0 Å². The molecule has 39 heavy (non-hydrogen) atoms. The van der Waals surface area contributed by atoms with Crippen LogP contribution in [-0.4, -0.2) is 30.2 Å². The number of nitrogens with zero attached hydrogens (tertiary/aromatic N) is 3. The maximum atomic E-state index is 10.7. The predicted molar refractivity (Wildman–Crippen MR) is 164 cm³/mol. The molecule has 5 aromatic rings. The number of phenols is 1. The van der Waals surface area contributed by atoms with E-state index in [1.54, 1.807) is 6.07 Å². The van der Waals surface area contributed by atoms with Crippen molar-refractivity contribution in [3.8, 4) is 28.3 Å². The molecule has 1 N–H and O–H groups in total. The second-order valence-electron chi connectivity index (χ2n) is 11.4. The van der Waals surface area contributed by atoms with Crippen molar-refractivity contribution in [2.24, 2.45) is 0 Å². The summed E-state index contributed by atoms with van der Waals surface area (Å²) in [7, 11) is -0.0161. The molecule has 0 bridgehead atoms. The molecule has 0 amide bonds. The number of pyridine rings is 2. The average molecular weight is 528 g/mol. The minimum absolute atomic E-state index is 0.199. The fraction of sp³-hybridized carbons (Fsp3) is 0.176. The minimum atomic E-state index is -2.11. The van der Waals surface area contributed by atoms with Crippen molar-refractivity contribution in [1.29, 1.82) is 0 Å². The monoisotopic (exact) mass is 527 g/mol. The maximum Gasteiger partial charge on any atom is 0.135 e. The summed E-state index contributed by atoms with van der Waals surface area (Å²) in [5.74, 6) is 0.290. The van der Waals surface area contributed by atoms with Crippen molar-refractivity contribution in [2.75, 3.05) is 11.9 Å². The molecule has 1 aliphatic carbocycles. The lowest BCUT2D eigenvalue weighted by Gasteiger charge is -2.26. The Morgan fingerprint density at radius 3 is 2.33 bits per heavy atom. The molecule has 6 rings (SSSR count). The van der Waals surface area contributed by atoms with E-state index in [2.05, 4.69) is 118 Å². The number of rotatable bonds is 5. The smallest absolute Gasteiger partial charge is 0.135 e. The zero-order valence-electron chi connectivity index (χ0n) is 23.1. The van der Waals surface area contributed by atoms with Gasteiger partial charge in [0.2, 0.25) is 0 Å². The Labute approximate surface area is 231 Å². The first-order chi connectivity index (χ1) is 18.7. The van der Waals surface area contributed by atoms with Crippen molar-refractivity contribution in [2.45, 2.75) is 32.4 Å². The maximum absolute atomic E-state index is 10.7. The van der Waals surface area contributed by atoms with Gasteiger partial charge in [-0.05, 0) is 47.5 Å². The second-order valence-corrected chi connectivity index (χ2v) is 15.8. The highest BCUT2D eigenvalue weighted by atomic mass is 28.3. The van der Waals surface area contributed by atoms with Crippen LogP contribution in [0.3, 0.4) is 0 Å². The molecule has 4 nitrogen and oxygen atoms in total. The lowest BCUT2D eigenvalue weighted by Crippen LogP contribution is -2.54. The summed E-state index contributed by atoms with van der Waals surface area (Å²) in [5.41, 5.74) is 8.08. The van der Waals surface area contributed by atoms with Crippen LogP contribution in [-0.2, 0) is 5.41 Å². The Kier molecular flexibility index (Phi) is 5.92. The molecule has 0 radical (unpaired) electrons. The third-order valence-corrected chi connectivity index (χ3v) is 11.6. The molecule has 194 valence electrons. The molecule has 0 fully saturated rings. The summed E-state index contributed by atoms with van der Waals surface area (Å²) in [4.78, 5) is 12.2. The number of anilines is 2. The van der Waals surface area contributed by atoms with Crippen molar-refractivity contribution in [3.05, 3.63) is 114 Å². The Morgan fingerprint density at radius 1 is 0.769 bits per heavy atom. The number of benzene rings is 3. The lowest BCUT2D eigenvalue weighted by atomic mass is 9.83. The van der Waals surface area contributed by atoms with Crippen LogP contribution in [0.2, 0.25) is 13.1 Å². The molecular weight excluding hydrogens is 494 g/mol. The summed E-state index contributed by atoms with van der Waals surface area (Å²) < 4.78 is 0. The highest BCUT2D eigenvalue weighted by Gasteiger charge is 2.38. The summed E-state index contributed by atoms with van der Waals surface area (Å²) in [6, 6.07) is 33.5. The predicted octanol–water partition coefficient (Wildman–Crippen LogP) is 6.75. The number of aromatic nitrogens is 2. The van der Waals surface area contributed by atoms with Crippen LogP contribution in [0.25, 0.3) is 22.5 Å². The number of hydrogen-bond acceptors (Lipinski definition) is 4. The van der Waals surface area contributed by atoms with Crippen LogP contribution in [0.15, 0.2) is 103 Å². The molecule has 0 atom stereocenters. The van der Waals surface area contributed by atoms with Crippen LogP contribution >= 0.6 is 0 Å². The lowest BCUT2D eigenvalue weighted by molar-refractivity contribution is 0.476. The highest BCUT2D eigenvalue weighted by molar-refractivity contribution is 7.00. The molecule has 2 heterocycles. The SMILES string of the molecule is CN(c1ccccc1)c1ccnc([Si](C)(C)c2cccc(-c3ccc4c(n3)-c3c(O)cccc3C4(C)C)c2)c1. The molecule has 5 heteroatoms. The molecule has 2 aromatic heterocycles. The van der Waals surface area contributed by atoms with Gasteiger partial charge in [0.05, 0.1) is 11.4 Å². The zero-order valence-corrected chi connectivity index (χ0v) is 24.1.